The molecule has 2 rings (SSSR count). The van der Waals surface area contributed by atoms with Gasteiger partial charge in [0.05, 0.1) is 15.6 Å². The van der Waals surface area contributed by atoms with Gasteiger partial charge >= 0.3 is 0 Å². The zero-order chi connectivity index (χ0) is 14.9. The van der Waals surface area contributed by atoms with Crippen LogP contribution in [0.1, 0.15) is 0 Å². The summed E-state index contributed by atoms with van der Waals surface area (Å²) in [6.07, 6.45) is 0. The minimum atomic E-state index is -3.80. The largest absolute Gasteiger partial charge is 0.398 e. The molecule has 0 amide bonds. The molecule has 106 valence electrons. The van der Waals surface area contributed by atoms with E-state index in [0.717, 1.165) is 6.07 Å². The van der Waals surface area contributed by atoms with Crippen LogP contribution in [0, 0.1) is 5.82 Å². The fourth-order valence-electron chi connectivity index (χ4n) is 1.45. The van der Waals surface area contributed by atoms with E-state index in [4.69, 9.17) is 17.3 Å². The van der Waals surface area contributed by atoms with Crippen LogP contribution < -0.4 is 10.5 Å². The predicted octanol–water partition coefficient (Wildman–Crippen LogP) is 3.62. The molecule has 0 saturated heterocycles. The monoisotopic (exact) mass is 378 g/mol. The normalized spacial score (nSPS) is 11.3. The van der Waals surface area contributed by atoms with E-state index in [2.05, 4.69) is 20.7 Å². The van der Waals surface area contributed by atoms with E-state index in [9.17, 15) is 12.8 Å². The fourth-order valence-corrected chi connectivity index (χ4v) is 3.23. The smallest absolute Gasteiger partial charge is 0.261 e. The number of nitrogens with one attached hydrogen (secondary N) is 1. The standard InChI is InChI=1S/C12H9BrClFN2O2S/c13-9-6-8(2-4-12(9)16)20(18,19)17-7-1-3-11(15)10(14)5-7/h1-6,17H,16H2. The summed E-state index contributed by atoms with van der Waals surface area (Å²) in [6, 6.07) is 7.78. The molecule has 8 heteroatoms. The van der Waals surface area contributed by atoms with Crippen LogP contribution >= 0.6 is 27.5 Å². The fraction of sp³-hybridized carbons (Fsp3) is 0. The Labute approximate surface area is 128 Å². The molecule has 0 atom stereocenters. The first-order valence-electron chi connectivity index (χ1n) is 5.32. The lowest BCUT2D eigenvalue weighted by atomic mass is 10.3. The van der Waals surface area contributed by atoms with E-state index in [0.29, 0.717) is 10.2 Å². The maximum Gasteiger partial charge on any atom is 0.261 e. The number of sulfonamides is 1. The molecular weight excluding hydrogens is 371 g/mol. The number of hydrogen-bond acceptors (Lipinski definition) is 3. The van der Waals surface area contributed by atoms with Gasteiger partial charge in [0.1, 0.15) is 5.82 Å². The molecule has 0 bridgehead atoms. The summed E-state index contributed by atoms with van der Waals surface area (Å²) in [7, 11) is -3.80. The van der Waals surface area contributed by atoms with Gasteiger partial charge < -0.3 is 5.73 Å². The lowest BCUT2D eigenvalue weighted by molar-refractivity contribution is 0.601. The zero-order valence-electron chi connectivity index (χ0n) is 9.90. The van der Waals surface area contributed by atoms with Crippen molar-refractivity contribution in [3.8, 4) is 0 Å². The summed E-state index contributed by atoms with van der Waals surface area (Å²) < 4.78 is 40.1. The van der Waals surface area contributed by atoms with Crippen LogP contribution in [0.25, 0.3) is 0 Å². The van der Waals surface area contributed by atoms with Crippen molar-refractivity contribution in [1.29, 1.82) is 0 Å². The minimum Gasteiger partial charge on any atom is -0.398 e. The second kappa shape index (κ2) is 5.59. The number of hydrogen-bond donors (Lipinski definition) is 2. The van der Waals surface area contributed by atoms with E-state index in [-0.39, 0.29) is 15.6 Å². The molecule has 0 radical (unpaired) electrons. The van der Waals surface area contributed by atoms with Crippen LogP contribution in [-0.2, 0) is 10.0 Å². The predicted molar refractivity (Wildman–Crippen MR) is 80.8 cm³/mol. The Morgan fingerprint density at radius 3 is 2.50 bits per heavy atom. The zero-order valence-corrected chi connectivity index (χ0v) is 13.1. The van der Waals surface area contributed by atoms with Gasteiger partial charge in [0.15, 0.2) is 0 Å². The Hall–Kier alpha value is -1.31. The average Bonchev–Trinajstić information content (AvgIpc) is 2.37. The van der Waals surface area contributed by atoms with Crippen molar-refractivity contribution in [3.63, 3.8) is 0 Å². The van der Waals surface area contributed by atoms with Gasteiger partial charge in [0, 0.05) is 10.2 Å². The van der Waals surface area contributed by atoms with Crippen molar-refractivity contribution in [2.24, 2.45) is 0 Å². The molecule has 0 heterocycles. The molecule has 0 saturated carbocycles. The van der Waals surface area contributed by atoms with Gasteiger partial charge in [0.2, 0.25) is 0 Å². The molecule has 0 aliphatic heterocycles. The van der Waals surface area contributed by atoms with Crippen molar-refractivity contribution >= 4 is 48.9 Å². The van der Waals surface area contributed by atoms with Crippen molar-refractivity contribution in [2.45, 2.75) is 4.90 Å². The number of rotatable bonds is 3. The summed E-state index contributed by atoms with van der Waals surface area (Å²) in [5.41, 5.74) is 6.20. The first-order valence-corrected chi connectivity index (χ1v) is 7.98. The highest BCUT2D eigenvalue weighted by atomic mass is 79.9. The van der Waals surface area contributed by atoms with Gasteiger partial charge in [-0.1, -0.05) is 11.6 Å². The van der Waals surface area contributed by atoms with E-state index in [1.807, 2.05) is 0 Å². The molecule has 2 aromatic carbocycles. The summed E-state index contributed by atoms with van der Waals surface area (Å²) in [4.78, 5) is 0.0269. The van der Waals surface area contributed by atoms with Crippen LogP contribution in [0.5, 0.6) is 0 Å². The van der Waals surface area contributed by atoms with E-state index >= 15 is 0 Å². The lowest BCUT2D eigenvalue weighted by Crippen LogP contribution is -2.13. The summed E-state index contributed by atoms with van der Waals surface area (Å²) >= 11 is 8.76. The molecule has 0 fully saturated rings. The lowest BCUT2D eigenvalue weighted by Gasteiger charge is -2.09. The molecule has 3 N–H and O–H groups in total. The second-order valence-corrected chi connectivity index (χ2v) is 6.86. The minimum absolute atomic E-state index is 0.0269. The molecular formula is C12H9BrClFN2O2S. The Balaban J connectivity index is 2.35. The van der Waals surface area contributed by atoms with Crippen LogP contribution in [0.3, 0.4) is 0 Å². The van der Waals surface area contributed by atoms with Gasteiger partial charge in [-0.05, 0) is 52.3 Å². The van der Waals surface area contributed by atoms with Crippen molar-refractivity contribution in [1.82, 2.24) is 0 Å². The SMILES string of the molecule is Nc1ccc(S(=O)(=O)Nc2ccc(F)c(Cl)c2)cc1Br. The first kappa shape index (κ1) is 15.1. The molecule has 0 spiro atoms. The highest BCUT2D eigenvalue weighted by molar-refractivity contribution is 9.10. The van der Waals surface area contributed by atoms with Crippen LogP contribution in [0.2, 0.25) is 5.02 Å². The summed E-state index contributed by atoms with van der Waals surface area (Å²) in [6.45, 7) is 0. The van der Waals surface area contributed by atoms with Crippen LogP contribution in [0.4, 0.5) is 15.8 Å². The van der Waals surface area contributed by atoms with Gasteiger partial charge in [0.25, 0.3) is 10.0 Å². The van der Waals surface area contributed by atoms with Crippen molar-refractivity contribution in [3.05, 3.63) is 51.7 Å². The van der Waals surface area contributed by atoms with Gasteiger partial charge in [-0.25, -0.2) is 12.8 Å². The molecule has 2 aromatic rings. The molecule has 0 aliphatic carbocycles. The average molecular weight is 380 g/mol. The molecule has 20 heavy (non-hydrogen) atoms. The molecule has 0 aromatic heterocycles. The Morgan fingerprint density at radius 2 is 1.90 bits per heavy atom. The van der Waals surface area contributed by atoms with Gasteiger partial charge in [-0.15, -0.1) is 0 Å². The Kier molecular flexibility index (Phi) is 4.22. The third-order valence-corrected chi connectivity index (χ3v) is 4.81. The maximum absolute atomic E-state index is 13.0. The molecule has 4 nitrogen and oxygen atoms in total. The summed E-state index contributed by atoms with van der Waals surface area (Å²) in [5.74, 6) is -0.621. The first-order chi connectivity index (χ1) is 9.29. The number of anilines is 2. The van der Waals surface area contributed by atoms with E-state index < -0.39 is 15.8 Å². The van der Waals surface area contributed by atoms with E-state index in [1.54, 1.807) is 0 Å². The third kappa shape index (κ3) is 3.23. The number of nitrogen functional groups attached to an aromatic ring is 1. The van der Waals surface area contributed by atoms with Gasteiger partial charge in [-0.2, -0.15) is 0 Å². The van der Waals surface area contributed by atoms with Crippen LogP contribution in [-0.4, -0.2) is 8.42 Å². The number of nitrogens with two attached hydrogens (primary N) is 1. The Bertz CT molecular complexity index is 768. The van der Waals surface area contributed by atoms with Crippen molar-refractivity contribution < 1.29 is 12.8 Å². The topological polar surface area (TPSA) is 72.2 Å². The highest BCUT2D eigenvalue weighted by Crippen LogP contribution is 2.26. The summed E-state index contributed by atoms with van der Waals surface area (Å²) in [5, 5.41) is -0.163. The van der Waals surface area contributed by atoms with E-state index in [1.165, 1.54) is 30.3 Å². The number of benzene rings is 2. The number of halogens is 3. The highest BCUT2D eigenvalue weighted by Gasteiger charge is 2.16. The second-order valence-electron chi connectivity index (χ2n) is 3.92. The van der Waals surface area contributed by atoms with Crippen LogP contribution in [0.15, 0.2) is 45.8 Å². The van der Waals surface area contributed by atoms with Gasteiger partial charge in [-0.3, -0.25) is 4.72 Å². The molecule has 0 aliphatic rings. The third-order valence-electron chi connectivity index (χ3n) is 2.45. The van der Waals surface area contributed by atoms with Crippen molar-refractivity contribution in [2.75, 3.05) is 10.5 Å². The maximum atomic E-state index is 13.0. The molecule has 0 unspecified atom stereocenters. The Morgan fingerprint density at radius 1 is 1.20 bits per heavy atom. The quantitative estimate of drug-likeness (QED) is 0.800.